The van der Waals surface area contributed by atoms with Crippen molar-refractivity contribution in [3.63, 3.8) is 0 Å². The second-order valence-electron chi connectivity index (χ2n) is 9.55. The third kappa shape index (κ3) is 2.45. The quantitative estimate of drug-likeness (QED) is 0.494. The topological polar surface area (TPSA) is 12.4 Å². The van der Waals surface area contributed by atoms with Crippen LogP contribution < -0.4 is 0 Å². The van der Waals surface area contributed by atoms with Gasteiger partial charge in [0.1, 0.15) is 8.07 Å². The largest absolute Gasteiger partial charge is 0.293 e. The van der Waals surface area contributed by atoms with Crippen molar-refractivity contribution < 1.29 is 0 Å². The summed E-state index contributed by atoms with van der Waals surface area (Å²) in [5.74, 6) is 0.671. The molecule has 0 aromatic heterocycles. The van der Waals surface area contributed by atoms with Crippen LogP contribution in [0.1, 0.15) is 76.2 Å². The van der Waals surface area contributed by atoms with Gasteiger partial charge in [-0.3, -0.25) is 4.99 Å². The van der Waals surface area contributed by atoms with Gasteiger partial charge in [-0.15, -0.1) is 0 Å². The minimum Gasteiger partial charge on any atom is -0.293 e. The molecule has 2 heteroatoms. The number of nitrogens with zero attached hydrogens (tertiary/aromatic N) is 1. The van der Waals surface area contributed by atoms with Crippen molar-refractivity contribution in [2.24, 2.45) is 10.9 Å². The highest BCUT2D eigenvalue weighted by Gasteiger charge is 2.68. The maximum atomic E-state index is 5.21. The molecule has 112 valence electrons. The predicted molar refractivity (Wildman–Crippen MR) is 91.0 cm³/mol. The van der Waals surface area contributed by atoms with Gasteiger partial charge in [-0.05, 0) is 42.3 Å². The second-order valence-corrected chi connectivity index (χ2v) is 15.6. The Morgan fingerprint density at radius 3 is 1.42 bits per heavy atom. The molecule has 2 atom stereocenters. The van der Waals surface area contributed by atoms with E-state index in [4.69, 9.17) is 4.99 Å². The molecule has 0 saturated carbocycles. The lowest BCUT2D eigenvalue weighted by atomic mass is 10.1. The number of hydrogen-bond donors (Lipinski definition) is 0. The summed E-state index contributed by atoms with van der Waals surface area (Å²) in [6, 6.07) is 0. The van der Waals surface area contributed by atoms with Gasteiger partial charge in [-0.25, -0.2) is 0 Å². The smallest absolute Gasteiger partial charge is 0.119 e. The van der Waals surface area contributed by atoms with Crippen molar-refractivity contribution in [1.29, 1.82) is 0 Å². The van der Waals surface area contributed by atoms with Gasteiger partial charge >= 0.3 is 0 Å². The molecule has 0 aromatic rings. The van der Waals surface area contributed by atoms with Crippen LogP contribution in [0.15, 0.2) is 4.99 Å². The first kappa shape index (κ1) is 16.9. The molecule has 1 aliphatic rings. The summed E-state index contributed by atoms with van der Waals surface area (Å²) < 4.78 is 0. The molecule has 0 radical (unpaired) electrons. The molecule has 1 rings (SSSR count). The molecule has 1 saturated heterocycles. The molecule has 0 bridgehead atoms. The van der Waals surface area contributed by atoms with Crippen molar-refractivity contribution in [3.8, 4) is 0 Å². The van der Waals surface area contributed by atoms with Crippen LogP contribution >= 0.6 is 0 Å². The van der Waals surface area contributed by atoms with Gasteiger partial charge < -0.3 is 0 Å². The summed E-state index contributed by atoms with van der Waals surface area (Å²) in [6.45, 7) is 26.3. The summed E-state index contributed by atoms with van der Waals surface area (Å²) in [5, 5.41) is 2.34. The van der Waals surface area contributed by atoms with E-state index in [0.29, 0.717) is 16.0 Å². The fourth-order valence-corrected chi connectivity index (χ4v) is 14.0. The molecule has 19 heavy (non-hydrogen) atoms. The normalized spacial score (nSPS) is 30.4. The third-order valence-corrected chi connectivity index (χ3v) is 13.1. The van der Waals surface area contributed by atoms with E-state index in [1.807, 2.05) is 0 Å². The van der Waals surface area contributed by atoms with Gasteiger partial charge in [0.15, 0.2) is 0 Å². The molecule has 0 unspecified atom stereocenters. The average Bonchev–Trinajstić information content (AvgIpc) is 2.10. The second kappa shape index (κ2) is 4.44. The van der Waals surface area contributed by atoms with Crippen molar-refractivity contribution in [1.82, 2.24) is 0 Å². The Kier molecular flexibility index (Phi) is 3.96. The maximum absolute atomic E-state index is 5.21. The van der Waals surface area contributed by atoms with Crippen LogP contribution in [0, 0.1) is 5.92 Å². The zero-order valence-corrected chi connectivity index (χ0v) is 16.1. The Bertz CT molecular complexity index is 360. The predicted octanol–water partition coefficient (Wildman–Crippen LogP) is 5.85. The number of rotatable bonds is 0. The van der Waals surface area contributed by atoms with Gasteiger partial charge in [-0.2, -0.15) is 0 Å². The van der Waals surface area contributed by atoms with Crippen molar-refractivity contribution in [2.45, 2.75) is 97.3 Å². The zero-order valence-electron chi connectivity index (χ0n) is 15.1. The first-order valence-corrected chi connectivity index (χ1v) is 9.84. The molecule has 1 fully saturated rings. The lowest BCUT2D eigenvalue weighted by molar-refractivity contribution is 0.512. The van der Waals surface area contributed by atoms with E-state index in [1.165, 1.54) is 0 Å². The first-order valence-electron chi connectivity index (χ1n) is 7.76. The Morgan fingerprint density at radius 2 is 1.16 bits per heavy atom. The molecule has 0 N–H and O–H groups in total. The standard InChI is InChI=1S/C17H35NSi/c1-12-13(2)19(16(6,7)8,17(9,10)11)14(12)18-15(3,4)5/h12-13H,1-11H3/t12-,13-/m1/s1. The average molecular weight is 282 g/mol. The molecule has 0 aromatic carbocycles. The lowest BCUT2D eigenvalue weighted by Crippen LogP contribution is -2.72. The van der Waals surface area contributed by atoms with Gasteiger partial charge in [0.25, 0.3) is 0 Å². The molecule has 1 heterocycles. The fraction of sp³-hybridized carbons (Fsp3) is 0.941. The summed E-state index contributed by atoms with van der Waals surface area (Å²) in [6.07, 6.45) is 0. The van der Waals surface area contributed by atoms with Crippen molar-refractivity contribution >= 4 is 13.4 Å². The van der Waals surface area contributed by atoms with E-state index >= 15 is 0 Å². The Hall–Kier alpha value is -0.113. The van der Waals surface area contributed by atoms with E-state index in [1.54, 1.807) is 5.33 Å². The third-order valence-electron chi connectivity index (χ3n) is 5.09. The molecule has 0 spiro atoms. The first-order chi connectivity index (χ1) is 8.16. The van der Waals surface area contributed by atoms with E-state index in [2.05, 4.69) is 76.2 Å². The Morgan fingerprint density at radius 1 is 0.789 bits per heavy atom. The van der Waals surface area contributed by atoms with Crippen molar-refractivity contribution in [3.05, 3.63) is 0 Å². The lowest BCUT2D eigenvalue weighted by Gasteiger charge is -2.66. The Balaban J connectivity index is 3.51. The summed E-state index contributed by atoms with van der Waals surface area (Å²) in [4.78, 5) is 5.21. The molecule has 0 aliphatic carbocycles. The minimum atomic E-state index is -1.60. The minimum absolute atomic E-state index is 0.0541. The van der Waals surface area contributed by atoms with E-state index in [-0.39, 0.29) is 5.54 Å². The molecule has 1 aliphatic heterocycles. The summed E-state index contributed by atoms with van der Waals surface area (Å²) in [5.41, 5.74) is 0.881. The highest BCUT2D eigenvalue weighted by atomic mass is 28.3. The zero-order chi connectivity index (χ0) is 15.4. The number of aliphatic imine (C=N–C) groups is 1. The summed E-state index contributed by atoms with van der Waals surface area (Å²) >= 11 is 0. The highest BCUT2D eigenvalue weighted by Crippen LogP contribution is 2.66. The fourth-order valence-electron chi connectivity index (χ4n) is 4.92. The van der Waals surface area contributed by atoms with Crippen LogP contribution in [-0.2, 0) is 0 Å². The molecule has 0 amide bonds. The molecule has 1 nitrogen and oxygen atoms in total. The SMILES string of the molecule is C[C@@H]1[C@@H](C)C(=NC(C)(C)C)[Si]1(C(C)(C)C)C(C)(C)C. The van der Waals surface area contributed by atoms with Crippen LogP contribution in [0.2, 0.25) is 15.6 Å². The highest BCUT2D eigenvalue weighted by molar-refractivity contribution is 7.15. The molecular weight excluding hydrogens is 246 g/mol. The van der Waals surface area contributed by atoms with Crippen LogP contribution in [0.3, 0.4) is 0 Å². The maximum Gasteiger partial charge on any atom is 0.119 e. The Labute approximate surface area is 122 Å². The van der Waals surface area contributed by atoms with E-state index in [9.17, 15) is 0 Å². The number of hydrogen-bond acceptors (Lipinski definition) is 1. The van der Waals surface area contributed by atoms with Gasteiger partial charge in [0, 0.05) is 5.33 Å². The van der Waals surface area contributed by atoms with Gasteiger partial charge in [-0.1, -0.05) is 55.4 Å². The summed E-state index contributed by atoms with van der Waals surface area (Å²) in [7, 11) is -1.60. The van der Waals surface area contributed by atoms with Crippen molar-refractivity contribution in [2.75, 3.05) is 0 Å². The molecular formula is C17H35NSi. The van der Waals surface area contributed by atoms with E-state index < -0.39 is 8.07 Å². The van der Waals surface area contributed by atoms with Gasteiger partial charge in [0.2, 0.25) is 0 Å². The van der Waals surface area contributed by atoms with Crippen LogP contribution in [0.25, 0.3) is 0 Å². The van der Waals surface area contributed by atoms with E-state index in [0.717, 1.165) is 5.54 Å². The monoisotopic (exact) mass is 281 g/mol. The van der Waals surface area contributed by atoms with Gasteiger partial charge in [0.05, 0.1) is 5.54 Å². The van der Waals surface area contributed by atoms with Crippen LogP contribution in [0.5, 0.6) is 0 Å². The van der Waals surface area contributed by atoms with Crippen LogP contribution in [0.4, 0.5) is 0 Å². The van der Waals surface area contributed by atoms with Crippen LogP contribution in [-0.4, -0.2) is 18.9 Å².